The Hall–Kier alpha value is -2.05. The second-order valence-electron chi connectivity index (χ2n) is 6.74. The Balaban J connectivity index is 1.52. The fraction of sp³-hybridized carbons (Fsp3) is 0.300. The molecular formula is C20H18ClFN2O2S. The van der Waals surface area contributed by atoms with Gasteiger partial charge >= 0.3 is 0 Å². The predicted octanol–water partition coefficient (Wildman–Crippen LogP) is 4.19. The first-order valence-corrected chi connectivity index (χ1v) is 10.1. The summed E-state index contributed by atoms with van der Waals surface area (Å²) in [6, 6.07) is 13.0. The molecule has 0 aliphatic carbocycles. The molecule has 2 fully saturated rings. The monoisotopic (exact) mass is 404 g/mol. The molecule has 0 bridgehead atoms. The van der Waals surface area contributed by atoms with Crippen LogP contribution >= 0.6 is 23.4 Å². The molecule has 7 heteroatoms. The Morgan fingerprint density at radius 3 is 2.48 bits per heavy atom. The van der Waals surface area contributed by atoms with Crippen LogP contribution in [0.3, 0.4) is 0 Å². The largest absolute Gasteiger partial charge is 0.338 e. The highest BCUT2D eigenvalue weighted by molar-refractivity contribution is 8.02. The van der Waals surface area contributed by atoms with E-state index in [1.165, 1.54) is 12.1 Å². The number of hydrogen-bond donors (Lipinski definition) is 0. The first-order chi connectivity index (χ1) is 13.0. The summed E-state index contributed by atoms with van der Waals surface area (Å²) < 4.78 is 13.4. The Labute approximate surface area is 166 Å². The van der Waals surface area contributed by atoms with Crippen LogP contribution in [0.4, 0.5) is 10.1 Å². The number of benzene rings is 2. The number of halogens is 2. The van der Waals surface area contributed by atoms with Crippen LogP contribution < -0.4 is 4.90 Å². The number of carbonyl (C=O) groups is 2. The van der Waals surface area contributed by atoms with Crippen molar-refractivity contribution in [3.05, 3.63) is 64.9 Å². The molecule has 0 atom stereocenters. The number of hydrogen-bond acceptors (Lipinski definition) is 3. The molecule has 0 aromatic heterocycles. The quantitative estimate of drug-likeness (QED) is 0.753. The van der Waals surface area contributed by atoms with E-state index < -0.39 is 5.82 Å². The summed E-state index contributed by atoms with van der Waals surface area (Å²) in [6.45, 7) is 1.05. The molecule has 0 radical (unpaired) electrons. The van der Waals surface area contributed by atoms with Gasteiger partial charge < -0.3 is 4.90 Å². The van der Waals surface area contributed by atoms with Gasteiger partial charge in [-0.25, -0.2) is 4.39 Å². The van der Waals surface area contributed by atoms with Crippen molar-refractivity contribution in [1.82, 2.24) is 4.90 Å². The molecule has 2 amide bonds. The van der Waals surface area contributed by atoms with E-state index in [4.69, 9.17) is 11.6 Å². The number of piperidine rings is 1. The van der Waals surface area contributed by atoms with Gasteiger partial charge in [-0.05, 0) is 55.3 Å². The van der Waals surface area contributed by atoms with Gasteiger partial charge in [-0.15, -0.1) is 11.8 Å². The van der Waals surface area contributed by atoms with Crippen molar-refractivity contribution in [2.75, 3.05) is 23.7 Å². The molecule has 2 aliphatic heterocycles. The van der Waals surface area contributed by atoms with Gasteiger partial charge in [-0.2, -0.15) is 0 Å². The van der Waals surface area contributed by atoms with Crippen molar-refractivity contribution in [3.63, 3.8) is 0 Å². The van der Waals surface area contributed by atoms with Crippen LogP contribution in [0.1, 0.15) is 23.2 Å². The fourth-order valence-corrected chi connectivity index (χ4v) is 5.21. The number of carbonyl (C=O) groups excluding carboxylic acids is 2. The number of nitrogens with zero attached hydrogens (tertiary/aromatic N) is 2. The zero-order valence-corrected chi connectivity index (χ0v) is 16.1. The maximum absolute atomic E-state index is 13.4. The van der Waals surface area contributed by atoms with Crippen LogP contribution in [0.25, 0.3) is 0 Å². The lowest BCUT2D eigenvalue weighted by molar-refractivity contribution is -0.116. The highest BCUT2D eigenvalue weighted by Crippen LogP contribution is 2.47. The number of rotatable bonds is 2. The summed E-state index contributed by atoms with van der Waals surface area (Å²) in [4.78, 5) is 28.5. The number of thioether (sulfide) groups is 1. The van der Waals surface area contributed by atoms with Gasteiger partial charge in [0.1, 0.15) is 5.82 Å². The molecule has 0 unspecified atom stereocenters. The SMILES string of the molecule is O=C(c1cccc(F)c1)N1CCC2(CC1)SCC(=O)N2c1ccc(Cl)cc1. The average Bonchev–Trinajstić information content (AvgIpc) is 2.98. The highest BCUT2D eigenvalue weighted by Gasteiger charge is 2.49. The molecule has 4 rings (SSSR count). The van der Waals surface area contributed by atoms with Gasteiger partial charge in [0.25, 0.3) is 5.91 Å². The third kappa shape index (κ3) is 3.44. The van der Waals surface area contributed by atoms with E-state index in [1.807, 2.05) is 17.0 Å². The molecule has 2 aliphatic rings. The molecule has 2 heterocycles. The number of anilines is 1. The maximum atomic E-state index is 13.4. The summed E-state index contributed by atoms with van der Waals surface area (Å²) >= 11 is 7.61. The zero-order chi connectivity index (χ0) is 19.0. The maximum Gasteiger partial charge on any atom is 0.253 e. The van der Waals surface area contributed by atoms with Crippen molar-refractivity contribution in [2.45, 2.75) is 17.7 Å². The smallest absolute Gasteiger partial charge is 0.253 e. The highest BCUT2D eigenvalue weighted by atomic mass is 35.5. The van der Waals surface area contributed by atoms with E-state index in [0.717, 1.165) is 5.69 Å². The van der Waals surface area contributed by atoms with Gasteiger partial charge in [0.05, 0.1) is 10.6 Å². The molecular weight excluding hydrogens is 387 g/mol. The Bertz CT molecular complexity index is 882. The molecule has 2 aromatic rings. The minimum Gasteiger partial charge on any atom is -0.338 e. The first kappa shape index (κ1) is 18.3. The second kappa shape index (κ2) is 7.17. The molecule has 4 nitrogen and oxygen atoms in total. The number of likely N-dealkylation sites (tertiary alicyclic amines) is 1. The third-order valence-corrected chi connectivity index (χ3v) is 6.88. The Morgan fingerprint density at radius 1 is 1.11 bits per heavy atom. The normalized spacial score (nSPS) is 19.0. The minimum atomic E-state index is -0.416. The summed E-state index contributed by atoms with van der Waals surface area (Å²) in [6.07, 6.45) is 1.35. The molecule has 0 saturated carbocycles. The fourth-order valence-electron chi connectivity index (χ4n) is 3.75. The molecule has 2 saturated heterocycles. The van der Waals surface area contributed by atoms with Crippen LogP contribution in [0.2, 0.25) is 5.02 Å². The van der Waals surface area contributed by atoms with Crippen molar-refractivity contribution in [3.8, 4) is 0 Å². The van der Waals surface area contributed by atoms with Crippen LogP contribution in [0, 0.1) is 5.82 Å². The summed E-state index contributed by atoms with van der Waals surface area (Å²) in [5.74, 6) is -0.0790. The zero-order valence-electron chi connectivity index (χ0n) is 14.5. The lowest BCUT2D eigenvalue weighted by Crippen LogP contribution is -2.53. The molecule has 140 valence electrons. The van der Waals surface area contributed by atoms with Gasteiger partial charge in [0.2, 0.25) is 5.91 Å². The van der Waals surface area contributed by atoms with Crippen molar-refractivity contribution in [1.29, 1.82) is 0 Å². The van der Waals surface area contributed by atoms with Crippen molar-refractivity contribution < 1.29 is 14.0 Å². The van der Waals surface area contributed by atoms with E-state index in [0.29, 0.717) is 42.3 Å². The van der Waals surface area contributed by atoms with Gasteiger partial charge in [0, 0.05) is 29.4 Å². The van der Waals surface area contributed by atoms with Gasteiger partial charge in [-0.3, -0.25) is 14.5 Å². The second-order valence-corrected chi connectivity index (χ2v) is 8.52. The van der Waals surface area contributed by atoms with Crippen LogP contribution in [-0.4, -0.2) is 40.4 Å². The summed E-state index contributed by atoms with van der Waals surface area (Å²) in [7, 11) is 0. The van der Waals surface area contributed by atoms with Crippen molar-refractivity contribution >= 4 is 40.9 Å². The molecule has 2 aromatic carbocycles. The van der Waals surface area contributed by atoms with Crippen LogP contribution in [-0.2, 0) is 4.79 Å². The summed E-state index contributed by atoms with van der Waals surface area (Å²) in [5.41, 5.74) is 1.19. The Kier molecular flexibility index (Phi) is 4.86. The van der Waals surface area contributed by atoms with Gasteiger partial charge in [0.15, 0.2) is 0 Å². The third-order valence-electron chi connectivity index (χ3n) is 5.11. The van der Waals surface area contributed by atoms with Crippen molar-refractivity contribution in [2.24, 2.45) is 0 Å². The Morgan fingerprint density at radius 2 is 1.81 bits per heavy atom. The van der Waals surface area contributed by atoms with Gasteiger partial charge in [-0.1, -0.05) is 17.7 Å². The molecule has 27 heavy (non-hydrogen) atoms. The van der Waals surface area contributed by atoms with E-state index >= 15 is 0 Å². The predicted molar refractivity (Wildman–Crippen MR) is 106 cm³/mol. The van der Waals surface area contributed by atoms with Crippen LogP contribution in [0.15, 0.2) is 48.5 Å². The van der Waals surface area contributed by atoms with E-state index in [2.05, 4.69) is 0 Å². The first-order valence-electron chi connectivity index (χ1n) is 8.76. The lowest BCUT2D eigenvalue weighted by atomic mass is 10.00. The van der Waals surface area contributed by atoms with Crippen LogP contribution in [0.5, 0.6) is 0 Å². The summed E-state index contributed by atoms with van der Waals surface area (Å²) in [5, 5.41) is 0.627. The molecule has 1 spiro atoms. The molecule has 0 N–H and O–H groups in total. The van der Waals surface area contributed by atoms with E-state index in [9.17, 15) is 14.0 Å². The van der Waals surface area contributed by atoms with E-state index in [1.54, 1.807) is 40.9 Å². The minimum absolute atomic E-state index is 0.0761. The number of amides is 2. The average molecular weight is 405 g/mol. The van der Waals surface area contributed by atoms with E-state index in [-0.39, 0.29) is 16.7 Å². The topological polar surface area (TPSA) is 40.6 Å². The lowest BCUT2D eigenvalue weighted by Gasteiger charge is -2.44. The standard InChI is InChI=1S/C20H18ClFN2O2S/c21-15-4-6-17(7-5-15)24-18(25)13-27-20(24)8-10-23(11-9-20)19(26)14-2-1-3-16(22)12-14/h1-7,12H,8-11,13H2.